The number of aryl methyl sites for hydroxylation is 3. The van der Waals surface area contributed by atoms with Gasteiger partial charge in [-0.3, -0.25) is 9.48 Å². The van der Waals surface area contributed by atoms with E-state index in [2.05, 4.69) is 31.3 Å². The zero-order valence-corrected chi connectivity index (χ0v) is 11.4. The summed E-state index contributed by atoms with van der Waals surface area (Å²) in [6.45, 7) is 1.97. The van der Waals surface area contributed by atoms with Crippen molar-refractivity contribution >= 4 is 21.7 Å². The average molecular weight is 298 g/mol. The lowest BCUT2D eigenvalue weighted by Gasteiger charge is -2.00. The largest absolute Gasteiger partial charge is 0.287 e. The highest BCUT2D eigenvalue weighted by molar-refractivity contribution is 9.10. The molecule has 0 radical (unpaired) electrons. The van der Waals surface area contributed by atoms with Gasteiger partial charge < -0.3 is 0 Å². The lowest BCUT2D eigenvalue weighted by molar-refractivity contribution is 0.102. The second kappa shape index (κ2) is 4.40. The zero-order valence-electron chi connectivity index (χ0n) is 9.81. The molecule has 0 aliphatic rings. The molecule has 2 aromatic heterocycles. The SMILES string of the molecule is CCc1nn(C)cc1C(=O)c1c(Br)nnn1C. The van der Waals surface area contributed by atoms with Gasteiger partial charge in [-0.15, -0.1) is 5.10 Å². The van der Waals surface area contributed by atoms with Crippen LogP contribution in [-0.2, 0) is 20.5 Å². The minimum absolute atomic E-state index is 0.116. The van der Waals surface area contributed by atoms with Crippen molar-refractivity contribution in [3.63, 3.8) is 0 Å². The van der Waals surface area contributed by atoms with Gasteiger partial charge in [-0.2, -0.15) is 5.10 Å². The molecule has 0 saturated heterocycles. The minimum atomic E-state index is -0.116. The smallest absolute Gasteiger partial charge is 0.217 e. The Morgan fingerprint density at radius 1 is 1.47 bits per heavy atom. The van der Waals surface area contributed by atoms with E-state index in [1.54, 1.807) is 25.0 Å². The fourth-order valence-corrected chi connectivity index (χ4v) is 2.19. The summed E-state index contributed by atoms with van der Waals surface area (Å²) in [5, 5.41) is 11.9. The van der Waals surface area contributed by atoms with E-state index >= 15 is 0 Å². The number of carbonyl (C=O) groups excluding carboxylic acids is 1. The van der Waals surface area contributed by atoms with Crippen molar-refractivity contribution in [2.24, 2.45) is 14.1 Å². The fourth-order valence-electron chi connectivity index (χ4n) is 1.69. The molecule has 0 unspecified atom stereocenters. The second-order valence-corrected chi connectivity index (χ2v) is 4.45. The molecule has 0 spiro atoms. The number of halogens is 1. The third kappa shape index (κ3) is 2.02. The lowest BCUT2D eigenvalue weighted by atomic mass is 10.1. The molecular weight excluding hydrogens is 286 g/mol. The Morgan fingerprint density at radius 2 is 2.18 bits per heavy atom. The predicted molar refractivity (Wildman–Crippen MR) is 64.7 cm³/mol. The average Bonchev–Trinajstić information content (AvgIpc) is 2.82. The van der Waals surface area contributed by atoms with Crippen LogP contribution in [-0.4, -0.2) is 30.6 Å². The van der Waals surface area contributed by atoms with Gasteiger partial charge in [0.15, 0.2) is 4.60 Å². The van der Waals surface area contributed by atoms with Gasteiger partial charge >= 0.3 is 0 Å². The molecule has 17 heavy (non-hydrogen) atoms. The van der Waals surface area contributed by atoms with Crippen LogP contribution in [0.15, 0.2) is 10.8 Å². The summed E-state index contributed by atoms with van der Waals surface area (Å²) >= 11 is 3.23. The van der Waals surface area contributed by atoms with E-state index in [-0.39, 0.29) is 5.78 Å². The van der Waals surface area contributed by atoms with Crippen LogP contribution in [0.5, 0.6) is 0 Å². The summed E-state index contributed by atoms with van der Waals surface area (Å²) in [4.78, 5) is 12.4. The van der Waals surface area contributed by atoms with Crippen molar-refractivity contribution in [2.75, 3.05) is 0 Å². The summed E-state index contributed by atoms with van der Waals surface area (Å²) in [7, 11) is 3.49. The first-order chi connectivity index (χ1) is 8.04. The third-order valence-electron chi connectivity index (χ3n) is 2.49. The molecule has 2 rings (SSSR count). The molecule has 0 atom stereocenters. The monoisotopic (exact) mass is 297 g/mol. The van der Waals surface area contributed by atoms with Crippen LogP contribution < -0.4 is 0 Å². The van der Waals surface area contributed by atoms with Crippen molar-refractivity contribution in [2.45, 2.75) is 13.3 Å². The molecule has 6 nitrogen and oxygen atoms in total. The number of rotatable bonds is 3. The Balaban J connectivity index is 2.51. The Hall–Kier alpha value is -1.50. The molecule has 0 bridgehead atoms. The zero-order chi connectivity index (χ0) is 12.6. The Labute approximate surface area is 107 Å². The van der Waals surface area contributed by atoms with Gasteiger partial charge in [0.05, 0.1) is 11.3 Å². The van der Waals surface area contributed by atoms with Gasteiger partial charge in [-0.1, -0.05) is 12.1 Å². The van der Waals surface area contributed by atoms with Crippen LogP contribution in [0.25, 0.3) is 0 Å². The van der Waals surface area contributed by atoms with Gasteiger partial charge in [0.25, 0.3) is 0 Å². The lowest BCUT2D eigenvalue weighted by Crippen LogP contribution is -2.10. The molecule has 0 aliphatic carbocycles. The molecule has 7 heteroatoms. The number of aromatic nitrogens is 5. The van der Waals surface area contributed by atoms with E-state index < -0.39 is 0 Å². The van der Waals surface area contributed by atoms with E-state index in [0.29, 0.717) is 22.3 Å². The van der Waals surface area contributed by atoms with E-state index in [9.17, 15) is 4.79 Å². The molecule has 0 saturated carbocycles. The van der Waals surface area contributed by atoms with Gasteiger partial charge in [-0.25, -0.2) is 4.68 Å². The second-order valence-electron chi connectivity index (χ2n) is 3.70. The standard InChI is InChI=1S/C10H12BrN5O/c1-4-7-6(5-15(2)13-7)9(17)8-10(11)12-14-16(8)3/h5H,4H2,1-3H3. The molecule has 2 aromatic rings. The molecule has 0 N–H and O–H groups in total. The Bertz CT molecular complexity index is 552. The van der Waals surface area contributed by atoms with E-state index in [1.807, 2.05) is 6.92 Å². The van der Waals surface area contributed by atoms with E-state index in [4.69, 9.17) is 0 Å². The minimum Gasteiger partial charge on any atom is -0.287 e. The highest BCUT2D eigenvalue weighted by Gasteiger charge is 2.22. The third-order valence-corrected chi connectivity index (χ3v) is 3.02. The topological polar surface area (TPSA) is 65.6 Å². The van der Waals surface area contributed by atoms with Crippen molar-refractivity contribution in [3.8, 4) is 0 Å². The summed E-state index contributed by atoms with van der Waals surface area (Å²) in [6.07, 6.45) is 2.44. The number of carbonyl (C=O) groups is 1. The Kier molecular flexibility index (Phi) is 3.10. The number of hydrogen-bond acceptors (Lipinski definition) is 4. The first-order valence-corrected chi connectivity index (χ1v) is 5.96. The molecular formula is C10H12BrN5O. The van der Waals surface area contributed by atoms with Gasteiger partial charge in [0, 0.05) is 20.3 Å². The van der Waals surface area contributed by atoms with Crippen molar-refractivity contribution < 1.29 is 4.79 Å². The highest BCUT2D eigenvalue weighted by atomic mass is 79.9. The predicted octanol–water partition coefficient (Wildman–Crippen LogP) is 1.10. The summed E-state index contributed by atoms with van der Waals surface area (Å²) in [5.41, 5.74) is 1.82. The summed E-state index contributed by atoms with van der Waals surface area (Å²) in [5.74, 6) is -0.116. The molecule has 0 fully saturated rings. The van der Waals surface area contributed by atoms with Crippen molar-refractivity contribution in [3.05, 3.63) is 27.8 Å². The van der Waals surface area contributed by atoms with Gasteiger partial charge in [0.1, 0.15) is 5.69 Å². The number of ketones is 1. The summed E-state index contributed by atoms with van der Waals surface area (Å²) in [6, 6.07) is 0. The first kappa shape index (κ1) is 12.0. The van der Waals surface area contributed by atoms with E-state index in [1.165, 1.54) is 4.68 Å². The summed E-state index contributed by atoms with van der Waals surface area (Å²) < 4.78 is 3.55. The number of hydrogen-bond donors (Lipinski definition) is 0. The van der Waals surface area contributed by atoms with Crippen LogP contribution in [0.3, 0.4) is 0 Å². The maximum atomic E-state index is 12.4. The van der Waals surface area contributed by atoms with E-state index in [0.717, 1.165) is 5.69 Å². The molecule has 0 aromatic carbocycles. The molecule has 2 heterocycles. The van der Waals surface area contributed by atoms with Gasteiger partial charge in [0.2, 0.25) is 5.78 Å². The van der Waals surface area contributed by atoms with Crippen LogP contribution >= 0.6 is 15.9 Å². The van der Waals surface area contributed by atoms with Crippen molar-refractivity contribution in [1.82, 2.24) is 24.8 Å². The van der Waals surface area contributed by atoms with Crippen LogP contribution in [0.1, 0.15) is 28.7 Å². The normalized spacial score (nSPS) is 10.8. The quantitative estimate of drug-likeness (QED) is 0.796. The molecule has 0 aliphatic heterocycles. The van der Waals surface area contributed by atoms with Crippen LogP contribution in [0, 0.1) is 0 Å². The maximum Gasteiger partial charge on any atom is 0.217 e. The Morgan fingerprint density at radius 3 is 2.71 bits per heavy atom. The molecule has 90 valence electrons. The van der Waals surface area contributed by atoms with Gasteiger partial charge in [-0.05, 0) is 22.4 Å². The van der Waals surface area contributed by atoms with Crippen molar-refractivity contribution in [1.29, 1.82) is 0 Å². The fraction of sp³-hybridized carbons (Fsp3) is 0.400. The van der Waals surface area contributed by atoms with Crippen LogP contribution in [0.4, 0.5) is 0 Å². The highest BCUT2D eigenvalue weighted by Crippen LogP contribution is 2.18. The van der Waals surface area contributed by atoms with Crippen LogP contribution in [0.2, 0.25) is 0 Å². The molecule has 0 amide bonds. The first-order valence-electron chi connectivity index (χ1n) is 5.17. The number of nitrogens with zero attached hydrogens (tertiary/aromatic N) is 5. The maximum absolute atomic E-state index is 12.4.